The van der Waals surface area contributed by atoms with Crippen molar-refractivity contribution in [1.29, 1.82) is 0 Å². The van der Waals surface area contributed by atoms with E-state index >= 15 is 0 Å². The first kappa shape index (κ1) is 18.3. The minimum absolute atomic E-state index is 0.273. The van der Waals surface area contributed by atoms with Crippen LogP contribution >= 0.6 is 0 Å². The number of imidazole rings is 1. The molecule has 2 fully saturated rings. The van der Waals surface area contributed by atoms with Crippen LogP contribution in [-0.2, 0) is 4.79 Å². The molecule has 0 bridgehead atoms. The molecule has 1 aromatic carbocycles. The van der Waals surface area contributed by atoms with Crippen LogP contribution in [0.2, 0.25) is 0 Å². The Morgan fingerprint density at radius 3 is 2.82 bits per heavy atom. The molecule has 2 aromatic heterocycles. The molecule has 0 spiro atoms. The molecule has 0 radical (unpaired) electrons. The Morgan fingerprint density at radius 1 is 1.14 bits per heavy atom. The van der Waals surface area contributed by atoms with E-state index in [2.05, 4.69) is 25.2 Å². The number of para-hydroxylation sites is 1. The van der Waals surface area contributed by atoms with Crippen LogP contribution < -0.4 is 15.0 Å². The van der Waals surface area contributed by atoms with Gasteiger partial charge in [0.1, 0.15) is 17.1 Å². The molecule has 1 saturated carbocycles. The first-order valence-corrected chi connectivity index (χ1v) is 9.78. The van der Waals surface area contributed by atoms with Gasteiger partial charge in [0.15, 0.2) is 0 Å². The van der Waals surface area contributed by atoms with E-state index in [1.807, 2.05) is 36.4 Å². The second-order valence-electron chi connectivity index (χ2n) is 7.13. The summed E-state index contributed by atoms with van der Waals surface area (Å²) in [5.74, 6) is 1.90. The Kier molecular flexibility index (Phi) is 5.70. The summed E-state index contributed by atoms with van der Waals surface area (Å²) in [7, 11) is 0. The number of rotatable bonds is 5. The number of pyridine rings is 1. The fourth-order valence-corrected chi connectivity index (χ4v) is 3.44. The van der Waals surface area contributed by atoms with Gasteiger partial charge >= 0.3 is 0 Å². The topological polar surface area (TPSA) is 83.1 Å². The summed E-state index contributed by atoms with van der Waals surface area (Å²) < 4.78 is 5.84. The molecule has 1 aliphatic carbocycles. The highest BCUT2D eigenvalue weighted by molar-refractivity contribution is 5.81. The lowest BCUT2D eigenvalue weighted by Crippen LogP contribution is -2.31. The van der Waals surface area contributed by atoms with Gasteiger partial charge in [0.2, 0.25) is 6.41 Å². The van der Waals surface area contributed by atoms with Crippen molar-refractivity contribution in [2.45, 2.75) is 37.8 Å². The monoisotopic (exact) mass is 379 g/mol. The van der Waals surface area contributed by atoms with Crippen molar-refractivity contribution in [1.82, 2.24) is 20.3 Å². The Balaban J connectivity index is 0.000000137. The summed E-state index contributed by atoms with van der Waals surface area (Å²) in [6.07, 6.45) is 9.33. The number of aromatic amines is 1. The molecule has 2 N–H and O–H groups in total. The average Bonchev–Trinajstić information content (AvgIpc) is 3.36. The number of H-pyrrole nitrogens is 1. The lowest BCUT2D eigenvalue weighted by molar-refractivity contribution is -0.110. The van der Waals surface area contributed by atoms with Crippen LogP contribution in [0.3, 0.4) is 0 Å². The summed E-state index contributed by atoms with van der Waals surface area (Å²) in [6.45, 7) is 1.82. The molecule has 3 aromatic rings. The van der Waals surface area contributed by atoms with Crippen LogP contribution in [0.15, 0.2) is 48.9 Å². The van der Waals surface area contributed by atoms with E-state index in [4.69, 9.17) is 4.74 Å². The SMILES string of the molecule is O=CNC1CCN(c2ccccn2)C1.c1cc(OC2CCC2)c2nc[nH]c2c1. The third kappa shape index (κ3) is 4.24. The van der Waals surface area contributed by atoms with Crippen molar-refractivity contribution in [3.8, 4) is 5.75 Å². The molecule has 1 aliphatic heterocycles. The number of hydrogen-bond acceptors (Lipinski definition) is 5. The van der Waals surface area contributed by atoms with Crippen molar-refractivity contribution in [2.24, 2.45) is 0 Å². The maximum atomic E-state index is 10.3. The molecule has 28 heavy (non-hydrogen) atoms. The molecule has 3 heterocycles. The Labute approximate surface area is 164 Å². The maximum Gasteiger partial charge on any atom is 0.207 e. The minimum atomic E-state index is 0.273. The molecule has 146 valence electrons. The summed E-state index contributed by atoms with van der Waals surface area (Å²) >= 11 is 0. The van der Waals surface area contributed by atoms with Crippen LogP contribution in [0.4, 0.5) is 5.82 Å². The van der Waals surface area contributed by atoms with E-state index in [9.17, 15) is 4.79 Å². The molecule has 1 amide bonds. The molecular formula is C21H25N5O2. The van der Waals surface area contributed by atoms with E-state index in [0.717, 1.165) is 48.5 Å². The highest BCUT2D eigenvalue weighted by Gasteiger charge is 2.22. The normalized spacial score (nSPS) is 18.9. The number of anilines is 1. The Morgan fingerprint density at radius 2 is 2.07 bits per heavy atom. The summed E-state index contributed by atoms with van der Waals surface area (Å²) in [6, 6.07) is 12.1. The van der Waals surface area contributed by atoms with Crippen LogP contribution in [0.5, 0.6) is 5.75 Å². The Hall–Kier alpha value is -3.09. The van der Waals surface area contributed by atoms with Crippen LogP contribution in [0.1, 0.15) is 25.7 Å². The second-order valence-corrected chi connectivity index (χ2v) is 7.13. The van der Waals surface area contributed by atoms with Crippen molar-refractivity contribution in [3.63, 3.8) is 0 Å². The van der Waals surface area contributed by atoms with E-state index in [0.29, 0.717) is 6.10 Å². The van der Waals surface area contributed by atoms with Crippen molar-refractivity contribution >= 4 is 23.3 Å². The predicted molar refractivity (Wildman–Crippen MR) is 108 cm³/mol. The lowest BCUT2D eigenvalue weighted by Gasteiger charge is -2.26. The van der Waals surface area contributed by atoms with Gasteiger partial charge in [-0.2, -0.15) is 0 Å². The predicted octanol–water partition coefficient (Wildman–Crippen LogP) is 2.90. The first-order valence-electron chi connectivity index (χ1n) is 9.78. The number of benzene rings is 1. The molecule has 5 rings (SSSR count). The number of hydrogen-bond donors (Lipinski definition) is 2. The highest BCUT2D eigenvalue weighted by atomic mass is 16.5. The molecule has 1 saturated heterocycles. The third-order valence-corrected chi connectivity index (χ3v) is 5.22. The summed E-state index contributed by atoms with van der Waals surface area (Å²) in [4.78, 5) is 24.0. The van der Waals surface area contributed by atoms with Gasteiger partial charge in [-0.3, -0.25) is 4.79 Å². The number of nitrogens with zero attached hydrogens (tertiary/aromatic N) is 3. The van der Waals surface area contributed by atoms with Crippen molar-refractivity contribution in [3.05, 3.63) is 48.9 Å². The second kappa shape index (κ2) is 8.73. The zero-order valence-electron chi connectivity index (χ0n) is 15.8. The van der Waals surface area contributed by atoms with Gasteiger partial charge in [0.05, 0.1) is 17.9 Å². The summed E-state index contributed by atoms with van der Waals surface area (Å²) in [5.41, 5.74) is 1.99. The largest absolute Gasteiger partial charge is 0.488 e. The third-order valence-electron chi connectivity index (χ3n) is 5.22. The fraction of sp³-hybridized carbons (Fsp3) is 0.381. The molecule has 7 heteroatoms. The van der Waals surface area contributed by atoms with Gasteiger partial charge in [0.25, 0.3) is 0 Å². The molecule has 2 aliphatic rings. The van der Waals surface area contributed by atoms with Gasteiger partial charge in [-0.25, -0.2) is 9.97 Å². The van der Waals surface area contributed by atoms with E-state index in [-0.39, 0.29) is 6.04 Å². The first-order chi connectivity index (χ1) is 13.8. The Bertz CT molecular complexity index is 894. The van der Waals surface area contributed by atoms with Gasteiger partial charge in [-0.15, -0.1) is 0 Å². The van der Waals surface area contributed by atoms with Crippen molar-refractivity contribution < 1.29 is 9.53 Å². The van der Waals surface area contributed by atoms with Gasteiger partial charge < -0.3 is 19.9 Å². The van der Waals surface area contributed by atoms with E-state index in [1.54, 1.807) is 12.5 Å². The number of carbonyl (C=O) groups excluding carboxylic acids is 1. The molecule has 7 nitrogen and oxygen atoms in total. The number of fused-ring (bicyclic) bond motifs is 1. The summed E-state index contributed by atoms with van der Waals surface area (Å²) in [5, 5.41) is 2.79. The van der Waals surface area contributed by atoms with Crippen molar-refractivity contribution in [2.75, 3.05) is 18.0 Å². The lowest BCUT2D eigenvalue weighted by atomic mass is 9.96. The average molecular weight is 379 g/mol. The van der Waals surface area contributed by atoms with Gasteiger partial charge in [-0.05, 0) is 49.9 Å². The minimum Gasteiger partial charge on any atom is -0.488 e. The standard InChI is InChI=1S/C11H12N2O.C10H13N3O/c1-3-8(4-1)14-10-6-2-5-9-11(10)13-7-12-9;14-8-12-9-4-6-13(7-9)10-3-1-2-5-11-10/h2,5-8H,1,3-4H2,(H,12,13);1-3,5,8-9H,4,6-7H2,(H,12,14). The van der Waals surface area contributed by atoms with Crippen LogP contribution in [-0.4, -0.2) is 46.6 Å². The van der Waals surface area contributed by atoms with E-state index in [1.165, 1.54) is 19.3 Å². The maximum absolute atomic E-state index is 10.3. The molecular weight excluding hydrogens is 354 g/mol. The zero-order valence-corrected chi connectivity index (χ0v) is 15.8. The number of aromatic nitrogens is 3. The smallest absolute Gasteiger partial charge is 0.207 e. The van der Waals surface area contributed by atoms with Gasteiger partial charge in [0, 0.05) is 25.3 Å². The highest BCUT2D eigenvalue weighted by Crippen LogP contribution is 2.29. The van der Waals surface area contributed by atoms with Crippen LogP contribution in [0.25, 0.3) is 11.0 Å². The number of amides is 1. The number of nitrogens with one attached hydrogen (secondary N) is 2. The zero-order chi connectivity index (χ0) is 19.2. The quantitative estimate of drug-likeness (QED) is 0.666. The molecule has 1 atom stereocenters. The number of ether oxygens (including phenoxy) is 1. The van der Waals surface area contributed by atoms with E-state index < -0.39 is 0 Å². The van der Waals surface area contributed by atoms with Gasteiger partial charge in [-0.1, -0.05) is 12.1 Å². The number of carbonyl (C=O) groups is 1. The van der Waals surface area contributed by atoms with Crippen LogP contribution in [0, 0.1) is 0 Å². The fourth-order valence-electron chi connectivity index (χ4n) is 3.44. The molecule has 1 unspecified atom stereocenters.